The highest BCUT2D eigenvalue weighted by molar-refractivity contribution is 5.86. The van der Waals surface area contributed by atoms with Gasteiger partial charge in [-0.05, 0) is 56.4 Å². The predicted octanol–water partition coefficient (Wildman–Crippen LogP) is 3.02. The van der Waals surface area contributed by atoms with Crippen LogP contribution in [0.3, 0.4) is 0 Å². The van der Waals surface area contributed by atoms with Crippen LogP contribution in [0.5, 0.6) is 6.08 Å². The van der Waals surface area contributed by atoms with Gasteiger partial charge < -0.3 is 13.9 Å². The maximum Gasteiger partial charge on any atom is 0.444 e. The largest absolute Gasteiger partial charge is 0.452 e. The summed E-state index contributed by atoms with van der Waals surface area (Å²) in [6.45, 7) is 1.82. The monoisotopic (exact) mass is 347 g/mol. The van der Waals surface area contributed by atoms with E-state index in [0.29, 0.717) is 11.4 Å². The Kier molecular flexibility index (Phi) is 5.06. The summed E-state index contributed by atoms with van der Waals surface area (Å²) in [7, 11) is 1.37. The first-order valence-corrected chi connectivity index (χ1v) is 8.29. The molecule has 2 aromatic rings. The minimum atomic E-state index is -0.645. The Hall–Kier alpha value is -2.77. The average molecular weight is 347 g/mol. The van der Waals surface area contributed by atoms with Crippen LogP contribution in [0.15, 0.2) is 27.4 Å². The van der Waals surface area contributed by atoms with Gasteiger partial charge in [0, 0.05) is 5.69 Å². The lowest BCUT2D eigenvalue weighted by Crippen LogP contribution is -2.24. The van der Waals surface area contributed by atoms with Crippen molar-refractivity contribution < 1.29 is 18.7 Å². The van der Waals surface area contributed by atoms with Crippen LogP contribution in [0, 0.1) is 6.92 Å². The molecule has 8 heteroatoms. The standard InChI is InChI=1S/C17H21N3O5/c1-11-10-12(20-17(22)25-16(19-20)23-2)8-9-14(11)18-15(21)24-13-6-4-3-5-7-13/h8-10,13H,3-7H2,1-2H3,(H,18,21). The zero-order chi connectivity index (χ0) is 17.8. The summed E-state index contributed by atoms with van der Waals surface area (Å²) in [4.78, 5) is 23.8. The number of carbonyl (C=O) groups is 1. The molecule has 1 aromatic heterocycles. The van der Waals surface area contributed by atoms with E-state index in [1.807, 2.05) is 6.92 Å². The number of benzene rings is 1. The van der Waals surface area contributed by atoms with Crippen molar-refractivity contribution in [3.05, 3.63) is 34.3 Å². The van der Waals surface area contributed by atoms with E-state index in [0.717, 1.165) is 35.9 Å². The number of hydrogen-bond acceptors (Lipinski definition) is 6. The Morgan fingerprint density at radius 2 is 2.08 bits per heavy atom. The number of ether oxygens (including phenoxy) is 2. The number of amides is 1. The van der Waals surface area contributed by atoms with Gasteiger partial charge in [0.2, 0.25) is 0 Å². The number of aryl methyl sites for hydroxylation is 1. The van der Waals surface area contributed by atoms with Crippen LogP contribution in [0.2, 0.25) is 0 Å². The van der Waals surface area contributed by atoms with Gasteiger partial charge in [-0.2, -0.15) is 4.68 Å². The number of nitrogens with zero attached hydrogens (tertiary/aromatic N) is 2. The third kappa shape index (κ3) is 4.01. The van der Waals surface area contributed by atoms with Crippen LogP contribution < -0.4 is 15.8 Å². The summed E-state index contributed by atoms with van der Waals surface area (Å²) in [6.07, 6.45) is 4.67. The van der Waals surface area contributed by atoms with E-state index in [4.69, 9.17) is 13.9 Å². The van der Waals surface area contributed by atoms with Gasteiger partial charge >= 0.3 is 17.9 Å². The van der Waals surface area contributed by atoms with Crippen molar-refractivity contribution in [1.82, 2.24) is 9.78 Å². The Bertz CT molecular complexity index is 805. The van der Waals surface area contributed by atoms with Gasteiger partial charge in [-0.25, -0.2) is 9.59 Å². The van der Waals surface area contributed by atoms with Crippen LogP contribution in [-0.2, 0) is 4.74 Å². The smallest absolute Gasteiger partial charge is 0.444 e. The van der Waals surface area contributed by atoms with E-state index in [2.05, 4.69) is 10.4 Å². The van der Waals surface area contributed by atoms with Gasteiger partial charge in [0.05, 0.1) is 12.8 Å². The predicted molar refractivity (Wildman–Crippen MR) is 90.4 cm³/mol. The van der Waals surface area contributed by atoms with Crippen molar-refractivity contribution >= 4 is 11.8 Å². The van der Waals surface area contributed by atoms with Crippen molar-refractivity contribution in [3.63, 3.8) is 0 Å². The summed E-state index contributed by atoms with van der Waals surface area (Å²) in [5, 5.41) is 6.66. The minimum Gasteiger partial charge on any atom is -0.452 e. The van der Waals surface area contributed by atoms with Crippen LogP contribution in [0.25, 0.3) is 5.69 Å². The first-order valence-electron chi connectivity index (χ1n) is 8.29. The first-order chi connectivity index (χ1) is 12.1. The van der Waals surface area contributed by atoms with E-state index >= 15 is 0 Å². The van der Waals surface area contributed by atoms with Crippen molar-refractivity contribution in [2.75, 3.05) is 12.4 Å². The van der Waals surface area contributed by atoms with Gasteiger partial charge in [0.25, 0.3) is 0 Å². The molecule has 1 heterocycles. The summed E-state index contributed by atoms with van der Waals surface area (Å²) >= 11 is 0. The number of hydrogen-bond donors (Lipinski definition) is 1. The molecular weight excluding hydrogens is 326 g/mol. The van der Waals surface area contributed by atoms with E-state index in [1.54, 1.807) is 18.2 Å². The molecule has 1 amide bonds. The average Bonchev–Trinajstić information content (AvgIpc) is 2.98. The minimum absolute atomic E-state index is 0.00509. The van der Waals surface area contributed by atoms with Gasteiger partial charge in [-0.15, -0.1) is 0 Å². The molecule has 1 fully saturated rings. The molecule has 1 saturated carbocycles. The molecule has 1 aromatic carbocycles. The summed E-state index contributed by atoms with van der Waals surface area (Å²) in [6, 6.07) is 5.08. The van der Waals surface area contributed by atoms with Crippen LogP contribution in [0.1, 0.15) is 37.7 Å². The Morgan fingerprint density at radius 1 is 1.32 bits per heavy atom. The fourth-order valence-corrected chi connectivity index (χ4v) is 2.90. The number of aromatic nitrogens is 2. The van der Waals surface area contributed by atoms with E-state index < -0.39 is 11.8 Å². The van der Waals surface area contributed by atoms with Gasteiger partial charge in [0.15, 0.2) is 0 Å². The Balaban J connectivity index is 1.70. The molecule has 134 valence electrons. The van der Waals surface area contributed by atoms with Crippen LogP contribution in [0.4, 0.5) is 10.5 Å². The van der Waals surface area contributed by atoms with Gasteiger partial charge in [0.1, 0.15) is 6.10 Å². The van der Waals surface area contributed by atoms with E-state index in [9.17, 15) is 9.59 Å². The zero-order valence-electron chi connectivity index (χ0n) is 14.3. The molecule has 0 saturated heterocycles. The number of rotatable bonds is 4. The first kappa shape index (κ1) is 17.1. The molecule has 3 rings (SSSR count). The lowest BCUT2D eigenvalue weighted by molar-refractivity contribution is 0.0865. The quantitative estimate of drug-likeness (QED) is 0.913. The molecule has 1 aliphatic carbocycles. The maximum absolute atomic E-state index is 12.1. The van der Waals surface area contributed by atoms with E-state index in [1.165, 1.54) is 13.5 Å². The fourth-order valence-electron chi connectivity index (χ4n) is 2.90. The van der Waals surface area contributed by atoms with Crippen LogP contribution in [-0.4, -0.2) is 29.1 Å². The second-order valence-corrected chi connectivity index (χ2v) is 6.04. The molecule has 25 heavy (non-hydrogen) atoms. The summed E-state index contributed by atoms with van der Waals surface area (Å²) in [5.74, 6) is -0.645. The molecule has 8 nitrogen and oxygen atoms in total. The summed E-state index contributed by atoms with van der Waals surface area (Å²) < 4.78 is 16.2. The molecule has 0 bridgehead atoms. The molecule has 0 aliphatic heterocycles. The highest BCUT2D eigenvalue weighted by atomic mass is 16.6. The van der Waals surface area contributed by atoms with Gasteiger partial charge in [-0.3, -0.25) is 5.32 Å². The molecule has 0 spiro atoms. The second kappa shape index (κ2) is 7.42. The third-order valence-electron chi connectivity index (χ3n) is 4.22. The Labute approximate surface area is 144 Å². The summed E-state index contributed by atoms with van der Waals surface area (Å²) in [5.41, 5.74) is 1.90. The van der Waals surface area contributed by atoms with Crippen molar-refractivity contribution in [2.24, 2.45) is 0 Å². The molecule has 0 atom stereocenters. The number of carbonyl (C=O) groups excluding carboxylic acids is 1. The highest BCUT2D eigenvalue weighted by Gasteiger charge is 2.18. The SMILES string of the molecule is COc1nn(-c2ccc(NC(=O)OC3CCCCC3)c(C)c2)c(=O)o1. The topological polar surface area (TPSA) is 95.6 Å². The molecule has 0 radical (unpaired) electrons. The number of nitrogens with one attached hydrogen (secondary N) is 1. The highest BCUT2D eigenvalue weighted by Crippen LogP contribution is 2.22. The normalized spacial score (nSPS) is 15.0. The van der Waals surface area contributed by atoms with Crippen LogP contribution >= 0.6 is 0 Å². The zero-order valence-corrected chi connectivity index (χ0v) is 14.3. The number of anilines is 1. The van der Waals surface area contributed by atoms with Gasteiger partial charge in [-0.1, -0.05) is 11.5 Å². The Morgan fingerprint density at radius 3 is 2.72 bits per heavy atom. The van der Waals surface area contributed by atoms with Crippen molar-refractivity contribution in [3.8, 4) is 11.8 Å². The number of methoxy groups -OCH3 is 1. The fraction of sp³-hybridized carbons (Fsp3) is 0.471. The third-order valence-corrected chi connectivity index (χ3v) is 4.22. The second-order valence-electron chi connectivity index (χ2n) is 6.04. The van der Waals surface area contributed by atoms with Crippen molar-refractivity contribution in [1.29, 1.82) is 0 Å². The lowest BCUT2D eigenvalue weighted by Gasteiger charge is -2.22. The molecule has 0 unspecified atom stereocenters. The molecule has 1 N–H and O–H groups in total. The maximum atomic E-state index is 12.1. The molecule has 1 aliphatic rings. The lowest BCUT2D eigenvalue weighted by atomic mass is 9.98. The molecular formula is C17H21N3O5. The van der Waals surface area contributed by atoms with Crippen molar-refractivity contribution in [2.45, 2.75) is 45.1 Å². The van der Waals surface area contributed by atoms with E-state index in [-0.39, 0.29) is 12.2 Å².